The minimum atomic E-state index is 0.824. The molecule has 0 saturated carbocycles. The Bertz CT molecular complexity index is 420. The van der Waals surface area contributed by atoms with Crippen molar-refractivity contribution in [1.29, 1.82) is 0 Å². The van der Waals surface area contributed by atoms with E-state index in [0.717, 1.165) is 23.6 Å². The smallest absolute Gasteiger partial charge is 0.0341 e. The lowest BCUT2D eigenvalue weighted by Crippen LogP contribution is -2.38. The van der Waals surface area contributed by atoms with Crippen molar-refractivity contribution in [3.63, 3.8) is 0 Å². The fourth-order valence-corrected chi connectivity index (χ4v) is 3.68. The maximum atomic E-state index is 3.52. The Kier molecular flexibility index (Phi) is 4.97. The molecule has 110 valence electrons. The molecule has 0 amide bonds. The van der Waals surface area contributed by atoms with Gasteiger partial charge < -0.3 is 5.32 Å². The molecule has 0 aliphatic carbocycles. The predicted molar refractivity (Wildman–Crippen MR) is 88.3 cm³/mol. The molecule has 2 fully saturated rings. The zero-order valence-electron chi connectivity index (χ0n) is 12.0. The van der Waals surface area contributed by atoms with E-state index in [1.807, 2.05) is 0 Å². The second-order valence-electron chi connectivity index (χ2n) is 5.92. The van der Waals surface area contributed by atoms with Gasteiger partial charge in [0.25, 0.3) is 0 Å². The standard InChI is InChI=1S/C16H24BrN3/c17-14-4-6-15(7-5-14)18-8-12-19-9-2-11-20-10-1-3-16(20)13-19/h4-7,16,18H,1-3,8-13H2. The van der Waals surface area contributed by atoms with E-state index in [9.17, 15) is 0 Å². The van der Waals surface area contributed by atoms with Crippen molar-refractivity contribution >= 4 is 21.6 Å². The molecule has 20 heavy (non-hydrogen) atoms. The van der Waals surface area contributed by atoms with E-state index in [2.05, 4.69) is 55.3 Å². The highest BCUT2D eigenvalue weighted by Crippen LogP contribution is 2.21. The van der Waals surface area contributed by atoms with Gasteiger partial charge in [0, 0.05) is 35.8 Å². The van der Waals surface area contributed by atoms with Crippen LogP contribution in [0.4, 0.5) is 5.69 Å². The van der Waals surface area contributed by atoms with Crippen LogP contribution in [0.25, 0.3) is 0 Å². The quantitative estimate of drug-likeness (QED) is 0.910. The van der Waals surface area contributed by atoms with Crippen LogP contribution in [0.5, 0.6) is 0 Å². The average molecular weight is 338 g/mol. The molecule has 1 aromatic carbocycles. The Morgan fingerprint density at radius 3 is 2.75 bits per heavy atom. The summed E-state index contributed by atoms with van der Waals surface area (Å²) >= 11 is 3.47. The highest BCUT2D eigenvalue weighted by Gasteiger charge is 2.28. The molecule has 0 aromatic heterocycles. The van der Waals surface area contributed by atoms with Crippen molar-refractivity contribution in [3.8, 4) is 0 Å². The third-order valence-corrected chi connectivity index (χ3v) is 5.02. The molecule has 3 rings (SSSR count). The van der Waals surface area contributed by atoms with E-state index in [-0.39, 0.29) is 0 Å². The van der Waals surface area contributed by atoms with Crippen LogP contribution < -0.4 is 5.32 Å². The minimum Gasteiger partial charge on any atom is -0.384 e. The number of hydrogen-bond donors (Lipinski definition) is 1. The Labute approximate surface area is 130 Å². The number of fused-ring (bicyclic) bond motifs is 1. The van der Waals surface area contributed by atoms with Gasteiger partial charge in [-0.05, 0) is 63.2 Å². The lowest BCUT2D eigenvalue weighted by Gasteiger charge is -2.25. The Morgan fingerprint density at radius 1 is 1.10 bits per heavy atom. The number of benzene rings is 1. The minimum absolute atomic E-state index is 0.824. The molecule has 2 heterocycles. The fraction of sp³-hybridized carbons (Fsp3) is 0.625. The lowest BCUT2D eigenvalue weighted by atomic mass is 10.2. The van der Waals surface area contributed by atoms with Crippen LogP contribution in [0.15, 0.2) is 28.7 Å². The van der Waals surface area contributed by atoms with Crippen molar-refractivity contribution in [1.82, 2.24) is 9.80 Å². The largest absolute Gasteiger partial charge is 0.384 e. The van der Waals surface area contributed by atoms with E-state index in [0.29, 0.717) is 0 Å². The summed E-state index contributed by atoms with van der Waals surface area (Å²) in [7, 11) is 0. The fourth-order valence-electron chi connectivity index (χ4n) is 3.41. The summed E-state index contributed by atoms with van der Waals surface area (Å²) < 4.78 is 1.14. The second kappa shape index (κ2) is 6.92. The molecule has 2 aliphatic heterocycles. The van der Waals surface area contributed by atoms with Gasteiger partial charge in [-0.25, -0.2) is 0 Å². The highest BCUT2D eigenvalue weighted by molar-refractivity contribution is 9.10. The summed E-state index contributed by atoms with van der Waals surface area (Å²) in [5, 5.41) is 3.52. The lowest BCUT2D eigenvalue weighted by molar-refractivity contribution is 0.224. The van der Waals surface area contributed by atoms with Crippen molar-refractivity contribution in [3.05, 3.63) is 28.7 Å². The Balaban J connectivity index is 1.44. The molecule has 0 spiro atoms. The molecule has 2 saturated heterocycles. The molecule has 3 nitrogen and oxygen atoms in total. The molecule has 2 aliphatic rings. The number of nitrogens with one attached hydrogen (secondary N) is 1. The third kappa shape index (κ3) is 3.74. The number of hydrogen-bond acceptors (Lipinski definition) is 3. The zero-order valence-corrected chi connectivity index (χ0v) is 13.6. The summed E-state index contributed by atoms with van der Waals surface area (Å²) in [6, 6.07) is 9.26. The first kappa shape index (κ1) is 14.4. The number of halogens is 1. The normalized spacial score (nSPS) is 24.4. The van der Waals surface area contributed by atoms with Gasteiger partial charge in [-0.2, -0.15) is 0 Å². The van der Waals surface area contributed by atoms with E-state index < -0.39 is 0 Å². The van der Waals surface area contributed by atoms with Crippen LogP contribution in [0, 0.1) is 0 Å². The average Bonchev–Trinajstić information content (AvgIpc) is 2.80. The zero-order chi connectivity index (χ0) is 13.8. The van der Waals surface area contributed by atoms with Crippen LogP contribution in [0.2, 0.25) is 0 Å². The van der Waals surface area contributed by atoms with Crippen LogP contribution in [0.3, 0.4) is 0 Å². The topological polar surface area (TPSA) is 18.5 Å². The summed E-state index contributed by atoms with van der Waals surface area (Å²) in [5.74, 6) is 0. The Morgan fingerprint density at radius 2 is 1.90 bits per heavy atom. The summed E-state index contributed by atoms with van der Waals surface area (Å²) in [6.45, 7) is 7.35. The Hall–Kier alpha value is -0.580. The van der Waals surface area contributed by atoms with Crippen molar-refractivity contribution in [2.75, 3.05) is 44.6 Å². The monoisotopic (exact) mass is 337 g/mol. The molecular weight excluding hydrogens is 314 g/mol. The molecule has 1 N–H and O–H groups in total. The molecule has 4 heteroatoms. The van der Waals surface area contributed by atoms with Crippen LogP contribution in [-0.2, 0) is 0 Å². The van der Waals surface area contributed by atoms with Gasteiger partial charge in [0.15, 0.2) is 0 Å². The van der Waals surface area contributed by atoms with Gasteiger partial charge in [-0.3, -0.25) is 9.80 Å². The number of nitrogens with zero attached hydrogens (tertiary/aromatic N) is 2. The van der Waals surface area contributed by atoms with Gasteiger partial charge in [-0.1, -0.05) is 15.9 Å². The summed E-state index contributed by atoms with van der Waals surface area (Å²) in [4.78, 5) is 5.34. The summed E-state index contributed by atoms with van der Waals surface area (Å²) in [5.41, 5.74) is 1.21. The van der Waals surface area contributed by atoms with Gasteiger partial charge in [-0.15, -0.1) is 0 Å². The first-order chi connectivity index (χ1) is 9.81. The molecule has 0 bridgehead atoms. The number of anilines is 1. The molecule has 1 aromatic rings. The maximum Gasteiger partial charge on any atom is 0.0341 e. The van der Waals surface area contributed by atoms with Crippen molar-refractivity contribution in [2.45, 2.75) is 25.3 Å². The van der Waals surface area contributed by atoms with Crippen molar-refractivity contribution in [2.24, 2.45) is 0 Å². The molecule has 1 unspecified atom stereocenters. The SMILES string of the molecule is Brc1ccc(NCCN2CCCN3CCCC3C2)cc1. The molecular formula is C16H24BrN3. The van der Waals surface area contributed by atoms with E-state index in [1.165, 1.54) is 51.1 Å². The van der Waals surface area contributed by atoms with Gasteiger partial charge in [0.1, 0.15) is 0 Å². The highest BCUT2D eigenvalue weighted by atomic mass is 79.9. The second-order valence-corrected chi connectivity index (χ2v) is 6.84. The third-order valence-electron chi connectivity index (χ3n) is 4.49. The first-order valence-corrected chi connectivity index (χ1v) is 8.56. The maximum absolute atomic E-state index is 3.52. The molecule has 0 radical (unpaired) electrons. The van der Waals surface area contributed by atoms with Crippen LogP contribution in [-0.4, -0.2) is 55.1 Å². The first-order valence-electron chi connectivity index (χ1n) is 7.77. The van der Waals surface area contributed by atoms with E-state index in [1.54, 1.807) is 0 Å². The molecule has 1 atom stereocenters. The predicted octanol–water partition coefficient (Wildman–Crippen LogP) is 3.03. The van der Waals surface area contributed by atoms with Gasteiger partial charge >= 0.3 is 0 Å². The number of rotatable bonds is 4. The van der Waals surface area contributed by atoms with Crippen molar-refractivity contribution < 1.29 is 0 Å². The van der Waals surface area contributed by atoms with Crippen LogP contribution in [0.1, 0.15) is 19.3 Å². The van der Waals surface area contributed by atoms with Gasteiger partial charge in [0.05, 0.1) is 0 Å². The summed E-state index contributed by atoms with van der Waals surface area (Å²) in [6.07, 6.45) is 4.13. The van der Waals surface area contributed by atoms with E-state index in [4.69, 9.17) is 0 Å². The van der Waals surface area contributed by atoms with Gasteiger partial charge in [0.2, 0.25) is 0 Å². The van der Waals surface area contributed by atoms with Crippen LogP contribution >= 0.6 is 15.9 Å². The van der Waals surface area contributed by atoms with E-state index >= 15 is 0 Å².